The van der Waals surface area contributed by atoms with Gasteiger partial charge in [0.2, 0.25) is 0 Å². The van der Waals surface area contributed by atoms with Gasteiger partial charge in [-0.25, -0.2) is 0 Å². The number of phenolic OH excluding ortho intramolecular Hbond substituents is 1. The minimum Gasteiger partial charge on any atom is -0.504 e. The first-order valence-corrected chi connectivity index (χ1v) is 5.43. The predicted octanol–water partition coefficient (Wildman–Crippen LogP) is 1.50. The first-order chi connectivity index (χ1) is 8.51. The Bertz CT molecular complexity index is 441. The van der Waals surface area contributed by atoms with E-state index in [2.05, 4.69) is 0 Å². The number of halogens is 1. The lowest BCUT2D eigenvalue weighted by atomic mass is 10.0. The quantitative estimate of drug-likeness (QED) is 0.540. The molecule has 0 spiro atoms. The fraction of sp³-hybridized carbons (Fsp3) is 0.455. The normalized spacial score (nSPS) is 11.5. The van der Waals surface area contributed by atoms with Crippen molar-refractivity contribution in [2.24, 2.45) is 5.73 Å². The third-order valence-corrected chi connectivity index (χ3v) is 2.59. The summed E-state index contributed by atoms with van der Waals surface area (Å²) < 4.78 is 4.87. The molecule has 0 aliphatic rings. The van der Waals surface area contributed by atoms with E-state index in [0.717, 1.165) is 6.07 Å². The number of aromatic hydroxyl groups is 1. The van der Waals surface area contributed by atoms with Crippen molar-refractivity contribution in [2.45, 2.75) is 18.9 Å². The number of nitro groups is 1. The van der Waals surface area contributed by atoms with Gasteiger partial charge in [-0.3, -0.25) is 10.1 Å². The average molecular weight is 293 g/mol. The maximum Gasteiger partial charge on any atom is 0.273 e. The van der Waals surface area contributed by atoms with Gasteiger partial charge in [-0.1, -0.05) is 0 Å². The summed E-state index contributed by atoms with van der Waals surface area (Å²) in [6.07, 6.45) is 0.861. The molecule has 1 aromatic rings. The summed E-state index contributed by atoms with van der Waals surface area (Å²) >= 11 is 0. The summed E-state index contributed by atoms with van der Waals surface area (Å²) in [6.45, 7) is -0.0273. The zero-order chi connectivity index (χ0) is 13.7. The smallest absolute Gasteiger partial charge is 0.273 e. The molecule has 0 amide bonds. The number of nitrogens with two attached hydrogens (primary N) is 1. The molecule has 1 atom stereocenters. The number of nitrogens with zero attached hydrogens (tertiary/aromatic N) is 1. The molecule has 108 valence electrons. The summed E-state index contributed by atoms with van der Waals surface area (Å²) in [5.74, 6) is -0.188. The van der Waals surface area contributed by atoms with Crippen LogP contribution >= 0.6 is 12.4 Å². The number of nitro benzene ring substituents is 1. The van der Waals surface area contributed by atoms with Crippen molar-refractivity contribution in [1.29, 1.82) is 0 Å². The SMILES string of the molecule is COc1cc([N+](=O)[O-])cc([C@@H](N)CCCO)c1O.Cl. The van der Waals surface area contributed by atoms with Gasteiger partial charge in [0.25, 0.3) is 5.69 Å². The van der Waals surface area contributed by atoms with Gasteiger partial charge in [-0.15, -0.1) is 12.4 Å². The molecule has 0 saturated carbocycles. The maximum atomic E-state index is 10.8. The number of methoxy groups -OCH3 is 1. The molecule has 0 saturated heterocycles. The van der Waals surface area contributed by atoms with Crippen molar-refractivity contribution in [3.8, 4) is 11.5 Å². The molecule has 8 heteroatoms. The van der Waals surface area contributed by atoms with Crippen molar-refractivity contribution >= 4 is 18.1 Å². The number of benzene rings is 1. The van der Waals surface area contributed by atoms with Crippen molar-refractivity contribution in [2.75, 3.05) is 13.7 Å². The molecular formula is C11H17ClN2O5. The van der Waals surface area contributed by atoms with E-state index in [4.69, 9.17) is 15.6 Å². The molecule has 0 bridgehead atoms. The van der Waals surface area contributed by atoms with E-state index < -0.39 is 11.0 Å². The Balaban J connectivity index is 0.00000324. The van der Waals surface area contributed by atoms with Crippen molar-refractivity contribution < 1.29 is 19.9 Å². The molecule has 0 unspecified atom stereocenters. The summed E-state index contributed by atoms with van der Waals surface area (Å²) in [5.41, 5.74) is 5.87. The van der Waals surface area contributed by atoms with E-state index >= 15 is 0 Å². The van der Waals surface area contributed by atoms with Crippen molar-refractivity contribution in [1.82, 2.24) is 0 Å². The number of phenols is 1. The van der Waals surface area contributed by atoms with Crippen LogP contribution in [0.15, 0.2) is 12.1 Å². The Labute approximate surface area is 116 Å². The highest BCUT2D eigenvalue weighted by atomic mass is 35.5. The molecule has 7 nitrogen and oxygen atoms in total. The Morgan fingerprint density at radius 1 is 1.53 bits per heavy atom. The second kappa shape index (κ2) is 7.78. The number of aliphatic hydroxyl groups excluding tert-OH is 1. The van der Waals surface area contributed by atoms with E-state index in [-0.39, 0.29) is 41.8 Å². The van der Waals surface area contributed by atoms with Gasteiger partial charge < -0.3 is 20.7 Å². The van der Waals surface area contributed by atoms with E-state index in [1.54, 1.807) is 0 Å². The van der Waals surface area contributed by atoms with Crippen LogP contribution in [0.25, 0.3) is 0 Å². The molecule has 19 heavy (non-hydrogen) atoms. The monoisotopic (exact) mass is 292 g/mol. The Morgan fingerprint density at radius 3 is 2.63 bits per heavy atom. The molecule has 0 heterocycles. The van der Waals surface area contributed by atoms with Crippen LogP contribution in [-0.4, -0.2) is 28.9 Å². The molecular weight excluding hydrogens is 276 g/mol. The first-order valence-electron chi connectivity index (χ1n) is 5.43. The predicted molar refractivity (Wildman–Crippen MR) is 71.8 cm³/mol. The zero-order valence-corrected chi connectivity index (χ0v) is 11.2. The average Bonchev–Trinajstić information content (AvgIpc) is 2.35. The number of rotatable bonds is 6. The molecule has 4 N–H and O–H groups in total. The van der Waals surface area contributed by atoms with Crippen LogP contribution in [0.2, 0.25) is 0 Å². The lowest BCUT2D eigenvalue weighted by Gasteiger charge is -2.15. The van der Waals surface area contributed by atoms with Crippen molar-refractivity contribution in [3.05, 3.63) is 27.8 Å². The van der Waals surface area contributed by atoms with Crippen LogP contribution in [0.3, 0.4) is 0 Å². The fourth-order valence-electron chi connectivity index (χ4n) is 1.62. The van der Waals surface area contributed by atoms with Crippen LogP contribution in [0, 0.1) is 10.1 Å². The Morgan fingerprint density at radius 2 is 2.16 bits per heavy atom. The van der Waals surface area contributed by atoms with E-state index in [0.29, 0.717) is 12.8 Å². The van der Waals surface area contributed by atoms with E-state index in [1.807, 2.05) is 0 Å². The largest absolute Gasteiger partial charge is 0.504 e. The van der Waals surface area contributed by atoms with Crippen LogP contribution in [0.1, 0.15) is 24.4 Å². The molecule has 1 rings (SSSR count). The molecule has 1 aromatic carbocycles. The number of hydrogen-bond acceptors (Lipinski definition) is 6. The zero-order valence-electron chi connectivity index (χ0n) is 10.4. The Kier molecular flexibility index (Phi) is 7.13. The number of ether oxygens (including phenoxy) is 1. The summed E-state index contributed by atoms with van der Waals surface area (Å²) in [5, 5.41) is 29.4. The fourth-order valence-corrected chi connectivity index (χ4v) is 1.62. The molecule has 0 radical (unpaired) electrons. The minimum absolute atomic E-state index is 0. The van der Waals surface area contributed by atoms with Crippen LogP contribution in [0.4, 0.5) is 5.69 Å². The van der Waals surface area contributed by atoms with Crippen molar-refractivity contribution in [3.63, 3.8) is 0 Å². The van der Waals surface area contributed by atoms with Gasteiger partial charge in [0, 0.05) is 24.3 Å². The lowest BCUT2D eigenvalue weighted by Crippen LogP contribution is -2.12. The van der Waals surface area contributed by atoms with Crippen LogP contribution in [0.5, 0.6) is 11.5 Å². The van der Waals surface area contributed by atoms with E-state index in [1.165, 1.54) is 13.2 Å². The molecule has 0 fully saturated rings. The number of non-ortho nitro benzene ring substituents is 1. The minimum atomic E-state index is -0.592. The second-order valence-corrected chi connectivity index (χ2v) is 3.82. The lowest BCUT2D eigenvalue weighted by molar-refractivity contribution is -0.385. The van der Waals surface area contributed by atoms with E-state index in [9.17, 15) is 15.2 Å². The molecule has 0 aromatic heterocycles. The van der Waals surface area contributed by atoms with Gasteiger partial charge in [-0.05, 0) is 12.8 Å². The summed E-state index contributed by atoms with van der Waals surface area (Å²) in [6, 6.07) is 1.77. The highest BCUT2D eigenvalue weighted by Gasteiger charge is 2.20. The van der Waals surface area contributed by atoms with Gasteiger partial charge >= 0.3 is 0 Å². The van der Waals surface area contributed by atoms with Gasteiger partial charge in [-0.2, -0.15) is 0 Å². The third kappa shape index (κ3) is 4.23. The molecule has 0 aliphatic heterocycles. The van der Waals surface area contributed by atoms with Gasteiger partial charge in [0.1, 0.15) is 0 Å². The Hall–Kier alpha value is -1.57. The molecule has 0 aliphatic carbocycles. The summed E-state index contributed by atoms with van der Waals surface area (Å²) in [7, 11) is 1.31. The third-order valence-electron chi connectivity index (χ3n) is 2.59. The highest BCUT2D eigenvalue weighted by Crippen LogP contribution is 2.38. The summed E-state index contributed by atoms with van der Waals surface area (Å²) in [4.78, 5) is 10.2. The number of hydrogen-bond donors (Lipinski definition) is 3. The number of aliphatic hydroxyl groups is 1. The first kappa shape index (κ1) is 17.4. The topological polar surface area (TPSA) is 119 Å². The van der Waals surface area contributed by atoms with Crippen LogP contribution < -0.4 is 10.5 Å². The maximum absolute atomic E-state index is 10.8. The highest BCUT2D eigenvalue weighted by molar-refractivity contribution is 5.85. The van der Waals surface area contributed by atoms with Gasteiger partial charge in [0.05, 0.1) is 18.1 Å². The van der Waals surface area contributed by atoms with Crippen LogP contribution in [-0.2, 0) is 0 Å². The van der Waals surface area contributed by atoms with Gasteiger partial charge in [0.15, 0.2) is 11.5 Å². The second-order valence-electron chi connectivity index (χ2n) is 3.82. The standard InChI is InChI=1S/C11H16N2O5.ClH/c1-18-10-6-7(13(16)17)5-8(11(10)15)9(12)3-2-4-14;/h5-6,9,14-15H,2-4,12H2,1H3;1H/t9-;/m0./s1.